The Bertz CT molecular complexity index is 292. The third kappa shape index (κ3) is 2.25. The van der Waals surface area contributed by atoms with Crippen molar-refractivity contribution in [3.05, 3.63) is 23.2 Å². The van der Waals surface area contributed by atoms with Gasteiger partial charge in [-0.25, -0.2) is 0 Å². The molecular weight excluding hydrogens is 253 g/mol. The van der Waals surface area contributed by atoms with Crippen molar-refractivity contribution in [2.45, 2.75) is 18.1 Å². The van der Waals surface area contributed by atoms with Crippen LogP contribution in [-0.4, -0.2) is 5.11 Å². The average molecular weight is 259 g/mol. The zero-order chi connectivity index (χ0) is 10.1. The van der Waals surface area contributed by atoms with Crippen LogP contribution < -0.4 is 0 Å². The smallest absolute Gasteiger partial charge is 0.449 e. The Morgan fingerprint density at radius 1 is 1.46 bits per heavy atom. The number of alkyl halides is 4. The van der Waals surface area contributed by atoms with Gasteiger partial charge in [-0.3, -0.25) is 0 Å². The summed E-state index contributed by atoms with van der Waals surface area (Å²) in [7, 11) is 0. The highest BCUT2D eigenvalue weighted by atomic mass is 79.9. The van der Waals surface area contributed by atoms with Gasteiger partial charge >= 0.3 is 6.18 Å². The number of furan rings is 1. The van der Waals surface area contributed by atoms with E-state index in [4.69, 9.17) is 5.11 Å². The van der Waals surface area contributed by atoms with E-state index in [9.17, 15) is 13.2 Å². The van der Waals surface area contributed by atoms with E-state index in [2.05, 4.69) is 20.3 Å². The Morgan fingerprint density at radius 3 is 2.38 bits per heavy atom. The van der Waals surface area contributed by atoms with Crippen molar-refractivity contribution in [3.8, 4) is 0 Å². The molecule has 0 aromatic carbocycles. The fourth-order valence-corrected chi connectivity index (χ4v) is 1.19. The molecule has 1 heterocycles. The third-order valence-electron chi connectivity index (χ3n) is 1.42. The molecule has 1 aromatic heterocycles. The molecule has 0 aliphatic carbocycles. The molecule has 1 N–H and O–H groups in total. The lowest BCUT2D eigenvalue weighted by atomic mass is 10.2. The van der Waals surface area contributed by atoms with Crippen LogP contribution in [0.2, 0.25) is 0 Å². The second-order valence-electron chi connectivity index (χ2n) is 2.36. The summed E-state index contributed by atoms with van der Waals surface area (Å²) in [6.45, 7) is -0.675. The maximum absolute atomic E-state index is 12.2. The number of rotatable bonds is 2. The van der Waals surface area contributed by atoms with Crippen molar-refractivity contribution in [2.24, 2.45) is 0 Å². The first kappa shape index (κ1) is 10.6. The minimum atomic E-state index is -4.54. The Hall–Kier alpha value is -0.490. The number of hydrogen-bond donors (Lipinski definition) is 1. The monoisotopic (exact) mass is 258 g/mol. The molecule has 6 heteroatoms. The fraction of sp³-hybridized carbons (Fsp3) is 0.429. The van der Waals surface area contributed by atoms with Gasteiger partial charge in [-0.1, -0.05) is 15.9 Å². The molecule has 0 atom stereocenters. The predicted octanol–water partition coefficient (Wildman–Crippen LogP) is 2.69. The van der Waals surface area contributed by atoms with Crippen molar-refractivity contribution in [1.29, 1.82) is 0 Å². The molecule has 0 saturated carbocycles. The predicted molar refractivity (Wildman–Crippen MR) is 42.3 cm³/mol. The van der Waals surface area contributed by atoms with E-state index in [0.29, 0.717) is 0 Å². The fourth-order valence-electron chi connectivity index (χ4n) is 0.909. The molecule has 0 aliphatic heterocycles. The van der Waals surface area contributed by atoms with Gasteiger partial charge in [-0.2, -0.15) is 13.2 Å². The molecule has 0 saturated heterocycles. The lowest BCUT2D eigenvalue weighted by Gasteiger charge is -2.03. The molecule has 0 spiro atoms. The molecule has 0 radical (unpaired) electrons. The second kappa shape index (κ2) is 3.71. The molecule has 13 heavy (non-hydrogen) atoms. The first-order valence-corrected chi connectivity index (χ1v) is 4.46. The topological polar surface area (TPSA) is 33.4 Å². The van der Waals surface area contributed by atoms with Gasteiger partial charge in [-0.15, -0.1) is 0 Å². The Balaban J connectivity index is 3.11. The summed E-state index contributed by atoms with van der Waals surface area (Å²) in [5.41, 5.74) is -0.234. The van der Waals surface area contributed by atoms with Gasteiger partial charge in [0.05, 0.1) is 11.9 Å². The quantitative estimate of drug-likeness (QED) is 0.828. The van der Waals surface area contributed by atoms with Crippen molar-refractivity contribution < 1.29 is 22.7 Å². The van der Waals surface area contributed by atoms with E-state index in [1.54, 1.807) is 0 Å². The van der Waals surface area contributed by atoms with Crippen LogP contribution in [0.4, 0.5) is 13.2 Å². The minimum Gasteiger partial charge on any atom is -0.455 e. The first-order chi connectivity index (χ1) is 5.99. The van der Waals surface area contributed by atoms with Gasteiger partial charge < -0.3 is 9.52 Å². The Kier molecular flexibility index (Phi) is 3.02. The summed E-state index contributed by atoms with van der Waals surface area (Å²) in [4.78, 5) is 0. The van der Waals surface area contributed by atoms with E-state index in [1.165, 1.54) is 6.07 Å². The molecular formula is C7H6BrF3O2. The van der Waals surface area contributed by atoms with E-state index < -0.39 is 18.5 Å². The Morgan fingerprint density at radius 2 is 2.08 bits per heavy atom. The molecule has 1 rings (SSSR count). The number of halogens is 4. The summed E-state index contributed by atoms with van der Waals surface area (Å²) in [5, 5.41) is 8.81. The van der Waals surface area contributed by atoms with Gasteiger partial charge in [0.1, 0.15) is 5.76 Å². The van der Waals surface area contributed by atoms with Crippen LogP contribution >= 0.6 is 15.9 Å². The summed E-state index contributed by atoms with van der Waals surface area (Å²) in [6, 6.07) is 1.18. The molecule has 0 aliphatic rings. The van der Waals surface area contributed by atoms with Gasteiger partial charge in [0.25, 0.3) is 0 Å². The van der Waals surface area contributed by atoms with Gasteiger partial charge in [0.15, 0.2) is 0 Å². The maximum Gasteiger partial charge on any atom is 0.449 e. The van der Waals surface area contributed by atoms with E-state index in [1.807, 2.05) is 0 Å². The molecule has 1 aromatic rings. The summed E-state index contributed by atoms with van der Waals surface area (Å²) < 4.78 is 41.0. The van der Waals surface area contributed by atoms with Crippen LogP contribution in [0.1, 0.15) is 17.1 Å². The van der Waals surface area contributed by atoms with Crippen LogP contribution in [0, 0.1) is 0 Å². The van der Waals surface area contributed by atoms with Crippen LogP contribution in [0.25, 0.3) is 0 Å². The van der Waals surface area contributed by atoms with E-state index in [0.717, 1.165) is 0 Å². The third-order valence-corrected chi connectivity index (χ3v) is 1.97. The highest BCUT2D eigenvalue weighted by molar-refractivity contribution is 9.08. The zero-order valence-corrected chi connectivity index (χ0v) is 7.94. The van der Waals surface area contributed by atoms with E-state index >= 15 is 0 Å². The lowest BCUT2D eigenvalue weighted by Crippen LogP contribution is -2.06. The first-order valence-electron chi connectivity index (χ1n) is 3.34. The normalized spacial score (nSPS) is 12.1. The lowest BCUT2D eigenvalue weighted by molar-refractivity contribution is -0.154. The molecule has 0 fully saturated rings. The summed E-state index contributed by atoms with van der Waals surface area (Å²) in [6.07, 6.45) is -4.54. The van der Waals surface area contributed by atoms with Crippen LogP contribution in [-0.2, 0) is 18.1 Å². The summed E-state index contributed by atoms with van der Waals surface area (Å²) >= 11 is 2.96. The van der Waals surface area contributed by atoms with Gasteiger partial charge in [0, 0.05) is 5.56 Å². The largest absolute Gasteiger partial charge is 0.455 e. The van der Waals surface area contributed by atoms with Crippen molar-refractivity contribution in [2.75, 3.05) is 0 Å². The van der Waals surface area contributed by atoms with Crippen LogP contribution in [0.15, 0.2) is 10.5 Å². The van der Waals surface area contributed by atoms with Crippen molar-refractivity contribution >= 4 is 15.9 Å². The highest BCUT2D eigenvalue weighted by Gasteiger charge is 2.37. The Labute approximate surface area is 80.5 Å². The van der Waals surface area contributed by atoms with Gasteiger partial charge in [-0.05, 0) is 6.07 Å². The summed E-state index contributed by atoms with van der Waals surface area (Å²) in [5.74, 6) is -0.971. The SMILES string of the molecule is OCc1cc(CBr)oc1C(F)(F)F. The number of aliphatic hydroxyl groups excluding tert-OH is 1. The van der Waals surface area contributed by atoms with Crippen molar-refractivity contribution in [1.82, 2.24) is 0 Å². The standard InChI is InChI=1S/C7H6BrF3O2/c8-2-5-1-4(3-12)6(13-5)7(9,10)11/h1,12H,2-3H2. The van der Waals surface area contributed by atoms with Crippen molar-refractivity contribution in [3.63, 3.8) is 0 Å². The molecule has 74 valence electrons. The highest BCUT2D eigenvalue weighted by Crippen LogP contribution is 2.34. The number of aliphatic hydroxyl groups is 1. The minimum absolute atomic E-state index is 0.149. The van der Waals surface area contributed by atoms with Gasteiger partial charge in [0.2, 0.25) is 5.76 Å². The average Bonchev–Trinajstić information content (AvgIpc) is 2.46. The molecule has 0 unspecified atom stereocenters. The second-order valence-corrected chi connectivity index (χ2v) is 2.92. The zero-order valence-electron chi connectivity index (χ0n) is 6.36. The van der Waals surface area contributed by atoms with Crippen LogP contribution in [0.3, 0.4) is 0 Å². The molecule has 0 bridgehead atoms. The number of hydrogen-bond acceptors (Lipinski definition) is 2. The maximum atomic E-state index is 12.2. The molecule has 0 amide bonds. The molecule has 2 nitrogen and oxygen atoms in total. The van der Waals surface area contributed by atoms with Crippen LogP contribution in [0.5, 0.6) is 0 Å². The van der Waals surface area contributed by atoms with E-state index in [-0.39, 0.29) is 16.7 Å².